The second kappa shape index (κ2) is 72.8. The zero-order chi connectivity index (χ0) is 73.2. The average molecular weight is 1450 g/mol. The number of rotatable bonds is 72. The second-order valence-electron chi connectivity index (χ2n) is 25.6. The quantitative estimate of drug-likeness (QED) is 0.0169. The minimum Gasteiger partial charge on any atom is -0.462 e. The summed E-state index contributed by atoms with van der Waals surface area (Å²) in [6, 6.07) is 0. The highest BCUT2D eigenvalue weighted by atomic mass is 31.2. The van der Waals surface area contributed by atoms with Crippen LogP contribution in [0.5, 0.6) is 0 Å². The SMILES string of the molecule is CC/C=C\C/C=C\C/C=C\C/C=C\C/C=C\CC(=O)OC(COC(=O)CCCCCC/C=C\C/C=C\C/C=C\C/C=C\CC)COP(=O)(O)OCC(O)COP(=O)(O)OCC(COC(=O)CCCCCCC/C=C\CCCCCCCC)OC(=O)CCCCCCCCCCCCCCC. The summed E-state index contributed by atoms with van der Waals surface area (Å²) in [5.74, 6) is -2.35. The molecule has 3 N–H and O–H groups in total. The molecular formula is C81H138O17P2. The van der Waals surface area contributed by atoms with E-state index in [0.29, 0.717) is 25.7 Å². The van der Waals surface area contributed by atoms with Crippen LogP contribution in [0.3, 0.4) is 0 Å². The molecule has 0 saturated carbocycles. The maximum Gasteiger partial charge on any atom is 0.472 e. The third kappa shape index (κ3) is 71.8. The topological polar surface area (TPSA) is 237 Å². The Kier molecular flexibility index (Phi) is 69.5. The number of carbonyl (C=O) groups excluding carboxylic acids is 4. The molecule has 0 fully saturated rings. The maximum atomic E-state index is 13.1. The number of aliphatic hydroxyl groups is 1. The van der Waals surface area contributed by atoms with Gasteiger partial charge in [-0.1, -0.05) is 290 Å². The lowest BCUT2D eigenvalue weighted by Crippen LogP contribution is -2.30. The van der Waals surface area contributed by atoms with Crippen LogP contribution in [0.25, 0.3) is 0 Å². The normalized spacial score (nSPS) is 14.6. The second-order valence-corrected chi connectivity index (χ2v) is 28.5. The van der Waals surface area contributed by atoms with Crippen LogP contribution in [0.2, 0.25) is 0 Å². The minimum absolute atomic E-state index is 0.0927. The summed E-state index contributed by atoms with van der Waals surface area (Å²) in [5, 5.41) is 10.6. The van der Waals surface area contributed by atoms with Crippen molar-refractivity contribution in [1.82, 2.24) is 0 Å². The number of aliphatic hydroxyl groups excluding tert-OH is 1. The molecule has 19 heteroatoms. The number of unbranched alkanes of at least 4 members (excludes halogenated alkanes) is 27. The van der Waals surface area contributed by atoms with Crippen LogP contribution < -0.4 is 0 Å². The van der Waals surface area contributed by atoms with Gasteiger partial charge < -0.3 is 33.8 Å². The summed E-state index contributed by atoms with van der Waals surface area (Å²) in [6.07, 6.45) is 79.3. The molecule has 17 nitrogen and oxygen atoms in total. The third-order valence-corrected chi connectivity index (χ3v) is 17.9. The molecule has 0 aromatic heterocycles. The van der Waals surface area contributed by atoms with Gasteiger partial charge in [0.15, 0.2) is 12.2 Å². The molecule has 0 aromatic rings. The number of phosphoric ester groups is 2. The van der Waals surface area contributed by atoms with Crippen molar-refractivity contribution in [3.05, 3.63) is 122 Å². The smallest absolute Gasteiger partial charge is 0.462 e. The van der Waals surface area contributed by atoms with Gasteiger partial charge in [0, 0.05) is 19.3 Å². The highest BCUT2D eigenvalue weighted by Crippen LogP contribution is 2.45. The van der Waals surface area contributed by atoms with E-state index in [4.69, 9.17) is 37.0 Å². The molecular weight excluding hydrogens is 1310 g/mol. The zero-order valence-corrected chi connectivity index (χ0v) is 64.4. The zero-order valence-electron chi connectivity index (χ0n) is 62.6. The van der Waals surface area contributed by atoms with Crippen LogP contribution in [0, 0.1) is 0 Å². The number of phosphoric acid groups is 2. The van der Waals surface area contributed by atoms with E-state index in [9.17, 15) is 43.2 Å². The van der Waals surface area contributed by atoms with Crippen molar-refractivity contribution in [3.63, 3.8) is 0 Å². The Balaban J connectivity index is 5.43. The molecule has 0 amide bonds. The molecule has 100 heavy (non-hydrogen) atoms. The molecule has 0 aliphatic rings. The number of hydrogen-bond acceptors (Lipinski definition) is 15. The van der Waals surface area contributed by atoms with Gasteiger partial charge in [-0.25, -0.2) is 9.13 Å². The van der Waals surface area contributed by atoms with Crippen molar-refractivity contribution in [2.45, 2.75) is 329 Å². The van der Waals surface area contributed by atoms with Crippen LogP contribution in [0.1, 0.15) is 310 Å². The largest absolute Gasteiger partial charge is 0.472 e. The Labute approximate surface area is 606 Å². The average Bonchev–Trinajstić information content (AvgIpc) is 0.932. The van der Waals surface area contributed by atoms with Gasteiger partial charge in [0.05, 0.1) is 32.8 Å². The molecule has 0 aliphatic heterocycles. The van der Waals surface area contributed by atoms with Crippen LogP contribution in [0.4, 0.5) is 0 Å². The highest BCUT2D eigenvalue weighted by Gasteiger charge is 2.30. The summed E-state index contributed by atoms with van der Waals surface area (Å²) in [5.41, 5.74) is 0. The Morgan fingerprint density at radius 3 is 0.900 bits per heavy atom. The van der Waals surface area contributed by atoms with Gasteiger partial charge in [0.1, 0.15) is 19.3 Å². The van der Waals surface area contributed by atoms with E-state index in [1.807, 2.05) is 12.2 Å². The van der Waals surface area contributed by atoms with E-state index in [2.05, 4.69) is 125 Å². The van der Waals surface area contributed by atoms with Crippen LogP contribution in [-0.2, 0) is 65.4 Å². The first-order valence-corrected chi connectivity index (χ1v) is 41.8. The first-order valence-electron chi connectivity index (χ1n) is 38.8. The lowest BCUT2D eigenvalue weighted by molar-refractivity contribution is -0.161. The van der Waals surface area contributed by atoms with E-state index in [1.54, 1.807) is 12.2 Å². The number of carbonyl (C=O) groups is 4. The molecule has 5 unspecified atom stereocenters. The van der Waals surface area contributed by atoms with E-state index >= 15 is 0 Å². The van der Waals surface area contributed by atoms with Gasteiger partial charge in [0.25, 0.3) is 0 Å². The van der Waals surface area contributed by atoms with Crippen molar-refractivity contribution < 1.29 is 80.2 Å². The monoisotopic (exact) mass is 1440 g/mol. The van der Waals surface area contributed by atoms with E-state index in [1.165, 1.54) is 89.9 Å². The van der Waals surface area contributed by atoms with Gasteiger partial charge in [-0.2, -0.15) is 0 Å². The number of ether oxygens (including phenoxy) is 4. The lowest BCUT2D eigenvalue weighted by atomic mass is 10.0. The molecule has 0 aromatic carbocycles. The summed E-state index contributed by atoms with van der Waals surface area (Å²) in [4.78, 5) is 72.8. The number of hydrogen-bond donors (Lipinski definition) is 3. The summed E-state index contributed by atoms with van der Waals surface area (Å²) >= 11 is 0. The maximum absolute atomic E-state index is 13.1. The van der Waals surface area contributed by atoms with Crippen LogP contribution in [-0.4, -0.2) is 96.7 Å². The molecule has 0 spiro atoms. The molecule has 0 heterocycles. The molecule has 0 bridgehead atoms. The summed E-state index contributed by atoms with van der Waals surface area (Å²) in [7, 11) is -9.99. The minimum atomic E-state index is -5.01. The Morgan fingerprint density at radius 1 is 0.300 bits per heavy atom. The number of allylic oxidation sites excluding steroid dienone is 19. The van der Waals surface area contributed by atoms with Gasteiger partial charge >= 0.3 is 39.5 Å². The van der Waals surface area contributed by atoms with Gasteiger partial charge in [-0.05, 0) is 116 Å². The Morgan fingerprint density at radius 2 is 0.560 bits per heavy atom. The Bertz CT molecular complexity index is 2370. The summed E-state index contributed by atoms with van der Waals surface area (Å²) < 4.78 is 68.4. The van der Waals surface area contributed by atoms with E-state index < -0.39 is 97.5 Å². The van der Waals surface area contributed by atoms with Crippen molar-refractivity contribution >= 4 is 39.5 Å². The predicted octanol–water partition coefficient (Wildman–Crippen LogP) is 22.3. The lowest BCUT2D eigenvalue weighted by Gasteiger charge is -2.21. The van der Waals surface area contributed by atoms with Crippen molar-refractivity contribution in [3.8, 4) is 0 Å². The standard InChI is InChI=1S/C81H138O17P2/c1-5-9-13-17-21-25-29-33-36-37-40-43-46-50-54-58-62-66-79(84)92-72-77(98-81(86)68-64-60-56-52-48-44-39-35-31-27-23-19-15-11-7-3)74-96-100(89,90)94-70-75(82)69-93-99(87,88)95-73-76(97-80(85)67-63-59-55-51-47-41-32-28-24-20-16-12-8-4)71-91-78(83)65-61-57-53-49-45-42-38-34-30-26-22-18-14-10-6-2/h9,11,13,15,21,23,25,27,33-36,38-40,43,48,52,60,64,75-77,82H,5-8,10,12,14,16-20,22,24,26,28-32,37,41-42,44-47,49-51,53-59,61-63,65-74H2,1-4H3,(H,87,88)(H,89,90)/b13-9-,15-11-,25-21-,27-23-,36-33-,38-34-,39-35-,43-40-,52-48-,64-60-. The van der Waals surface area contributed by atoms with Crippen molar-refractivity contribution in [1.29, 1.82) is 0 Å². The third-order valence-electron chi connectivity index (χ3n) is 16.0. The fraction of sp³-hybridized carbons (Fsp3) is 0.704. The first kappa shape index (κ1) is 95.5. The highest BCUT2D eigenvalue weighted by molar-refractivity contribution is 7.47. The van der Waals surface area contributed by atoms with Crippen LogP contribution in [0.15, 0.2) is 122 Å². The molecule has 0 saturated heterocycles. The summed E-state index contributed by atoms with van der Waals surface area (Å²) in [6.45, 7) is 4.50. The van der Waals surface area contributed by atoms with E-state index in [0.717, 1.165) is 141 Å². The molecule has 5 atom stereocenters. The Hall–Kier alpha value is -4.54. The van der Waals surface area contributed by atoms with Gasteiger partial charge in [0.2, 0.25) is 0 Å². The van der Waals surface area contributed by atoms with E-state index in [-0.39, 0.29) is 25.7 Å². The van der Waals surface area contributed by atoms with Crippen LogP contribution >= 0.6 is 15.6 Å². The predicted molar refractivity (Wildman–Crippen MR) is 408 cm³/mol. The molecule has 0 aliphatic carbocycles. The van der Waals surface area contributed by atoms with Crippen molar-refractivity contribution in [2.75, 3.05) is 39.6 Å². The first-order chi connectivity index (χ1) is 48.7. The van der Waals surface area contributed by atoms with Crippen molar-refractivity contribution in [2.24, 2.45) is 0 Å². The fourth-order valence-corrected chi connectivity index (χ4v) is 11.7. The fourth-order valence-electron chi connectivity index (χ4n) is 10.1. The number of esters is 4. The molecule has 574 valence electrons. The van der Waals surface area contributed by atoms with Gasteiger partial charge in [-0.3, -0.25) is 37.3 Å². The molecule has 0 radical (unpaired) electrons. The molecule has 0 rings (SSSR count). The van der Waals surface area contributed by atoms with Gasteiger partial charge in [-0.15, -0.1) is 0 Å².